The van der Waals surface area contributed by atoms with Crippen molar-refractivity contribution < 1.29 is 9.18 Å². The van der Waals surface area contributed by atoms with E-state index in [1.807, 2.05) is 0 Å². The van der Waals surface area contributed by atoms with Crippen LogP contribution in [-0.2, 0) is 4.79 Å². The molecule has 0 saturated carbocycles. The Morgan fingerprint density at radius 1 is 1.50 bits per heavy atom. The Hall–Kier alpha value is -0.940. The van der Waals surface area contributed by atoms with Crippen molar-refractivity contribution in [3.8, 4) is 0 Å². The second-order valence-electron chi connectivity index (χ2n) is 3.92. The lowest BCUT2D eigenvalue weighted by molar-refractivity contribution is -0.123. The quantitative estimate of drug-likeness (QED) is 0.828. The van der Waals surface area contributed by atoms with Gasteiger partial charge in [0.2, 0.25) is 5.91 Å². The summed E-state index contributed by atoms with van der Waals surface area (Å²) in [6, 6.07) is 4.35. The number of nitrogens with two attached hydrogens (primary N) is 1. The summed E-state index contributed by atoms with van der Waals surface area (Å²) < 4.78 is 13.8. The first-order chi connectivity index (χ1) is 7.58. The van der Waals surface area contributed by atoms with Gasteiger partial charge in [0.15, 0.2) is 0 Å². The van der Waals surface area contributed by atoms with Crippen LogP contribution in [0.1, 0.15) is 24.4 Å². The molecule has 1 aromatic carbocycles. The standard InChI is InChI=1S/C11H12BrFN2O/c12-7-2-1-6(5-8(7)13)11-9(14)3-4-10(16)15-11/h1-2,5,9,11H,3-4,14H2,(H,15,16). The number of halogens is 2. The van der Waals surface area contributed by atoms with Crippen LogP contribution in [0.3, 0.4) is 0 Å². The van der Waals surface area contributed by atoms with Gasteiger partial charge < -0.3 is 11.1 Å². The van der Waals surface area contributed by atoms with Crippen LogP contribution in [0.4, 0.5) is 4.39 Å². The summed E-state index contributed by atoms with van der Waals surface area (Å²) in [5.41, 5.74) is 6.62. The molecule has 2 atom stereocenters. The zero-order valence-electron chi connectivity index (χ0n) is 8.54. The molecule has 3 N–H and O–H groups in total. The summed E-state index contributed by atoms with van der Waals surface area (Å²) in [4.78, 5) is 11.3. The van der Waals surface area contributed by atoms with Crippen LogP contribution in [0.15, 0.2) is 22.7 Å². The number of benzene rings is 1. The third kappa shape index (κ3) is 2.25. The number of hydrogen-bond acceptors (Lipinski definition) is 2. The molecule has 1 saturated heterocycles. The van der Waals surface area contributed by atoms with Crippen molar-refractivity contribution in [2.24, 2.45) is 5.73 Å². The van der Waals surface area contributed by atoms with E-state index in [9.17, 15) is 9.18 Å². The van der Waals surface area contributed by atoms with Gasteiger partial charge in [-0.05, 0) is 40.0 Å². The van der Waals surface area contributed by atoms with E-state index >= 15 is 0 Å². The monoisotopic (exact) mass is 286 g/mol. The van der Waals surface area contributed by atoms with Gasteiger partial charge >= 0.3 is 0 Å². The normalized spacial score (nSPS) is 25.3. The molecular weight excluding hydrogens is 275 g/mol. The number of nitrogens with one attached hydrogen (secondary N) is 1. The first kappa shape index (κ1) is 11.5. The molecule has 0 bridgehead atoms. The van der Waals surface area contributed by atoms with Gasteiger partial charge in [0, 0.05) is 12.5 Å². The van der Waals surface area contributed by atoms with Gasteiger partial charge in [-0.25, -0.2) is 4.39 Å². The molecule has 1 aliphatic rings. The number of rotatable bonds is 1. The van der Waals surface area contributed by atoms with Crippen LogP contribution >= 0.6 is 15.9 Å². The fourth-order valence-electron chi connectivity index (χ4n) is 1.85. The van der Waals surface area contributed by atoms with Crippen molar-refractivity contribution in [3.05, 3.63) is 34.1 Å². The van der Waals surface area contributed by atoms with Crippen molar-refractivity contribution in [1.29, 1.82) is 0 Å². The molecule has 1 fully saturated rings. The maximum Gasteiger partial charge on any atom is 0.220 e. The number of carbonyl (C=O) groups is 1. The van der Waals surface area contributed by atoms with Crippen LogP contribution in [0.5, 0.6) is 0 Å². The average Bonchev–Trinajstić information content (AvgIpc) is 2.26. The molecule has 1 amide bonds. The first-order valence-electron chi connectivity index (χ1n) is 5.08. The van der Waals surface area contributed by atoms with E-state index in [0.717, 1.165) is 0 Å². The van der Waals surface area contributed by atoms with Crippen LogP contribution in [0, 0.1) is 5.82 Å². The van der Waals surface area contributed by atoms with Gasteiger partial charge in [-0.3, -0.25) is 4.79 Å². The predicted molar refractivity (Wildman–Crippen MR) is 62.2 cm³/mol. The molecule has 2 unspecified atom stereocenters. The molecule has 2 rings (SSSR count). The summed E-state index contributed by atoms with van der Waals surface area (Å²) >= 11 is 3.09. The van der Waals surface area contributed by atoms with E-state index in [2.05, 4.69) is 21.2 Å². The molecule has 0 aromatic heterocycles. The van der Waals surface area contributed by atoms with Crippen molar-refractivity contribution in [2.45, 2.75) is 24.9 Å². The molecule has 0 radical (unpaired) electrons. The van der Waals surface area contributed by atoms with Gasteiger partial charge in [-0.15, -0.1) is 0 Å². The SMILES string of the molecule is NC1CCC(=O)NC1c1ccc(Br)c(F)c1. The summed E-state index contributed by atoms with van der Waals surface area (Å²) in [5, 5.41) is 2.78. The molecule has 16 heavy (non-hydrogen) atoms. The average molecular weight is 287 g/mol. The van der Waals surface area contributed by atoms with E-state index in [1.54, 1.807) is 12.1 Å². The smallest absolute Gasteiger partial charge is 0.220 e. The van der Waals surface area contributed by atoms with Crippen LogP contribution in [0.25, 0.3) is 0 Å². The number of hydrogen-bond donors (Lipinski definition) is 2. The molecule has 1 heterocycles. The highest BCUT2D eigenvalue weighted by molar-refractivity contribution is 9.10. The number of carbonyl (C=O) groups excluding carboxylic acids is 1. The van der Waals surface area contributed by atoms with E-state index in [-0.39, 0.29) is 23.8 Å². The van der Waals surface area contributed by atoms with E-state index in [0.29, 0.717) is 22.9 Å². The minimum Gasteiger partial charge on any atom is -0.348 e. The fraction of sp³-hybridized carbons (Fsp3) is 0.364. The molecule has 0 aliphatic carbocycles. The highest BCUT2D eigenvalue weighted by atomic mass is 79.9. The van der Waals surface area contributed by atoms with E-state index in [4.69, 9.17) is 5.73 Å². The van der Waals surface area contributed by atoms with Crippen LogP contribution in [0.2, 0.25) is 0 Å². The van der Waals surface area contributed by atoms with E-state index in [1.165, 1.54) is 6.07 Å². The minimum absolute atomic E-state index is 0.0324. The number of amides is 1. The Bertz CT molecular complexity index is 424. The maximum atomic E-state index is 13.4. The minimum atomic E-state index is -0.343. The van der Waals surface area contributed by atoms with Gasteiger partial charge in [-0.1, -0.05) is 6.07 Å². The Kier molecular flexibility index (Phi) is 3.25. The molecular formula is C11H12BrFN2O. The molecule has 5 heteroatoms. The lowest BCUT2D eigenvalue weighted by atomic mass is 9.93. The van der Waals surface area contributed by atoms with Gasteiger partial charge in [0.05, 0.1) is 10.5 Å². The molecule has 1 aliphatic heterocycles. The van der Waals surface area contributed by atoms with Gasteiger partial charge in [0.25, 0.3) is 0 Å². The summed E-state index contributed by atoms with van der Waals surface area (Å²) in [6.45, 7) is 0. The molecule has 0 spiro atoms. The fourth-order valence-corrected chi connectivity index (χ4v) is 2.10. The zero-order valence-corrected chi connectivity index (χ0v) is 10.1. The zero-order chi connectivity index (χ0) is 11.7. The highest BCUT2D eigenvalue weighted by Crippen LogP contribution is 2.25. The second kappa shape index (κ2) is 4.51. The lowest BCUT2D eigenvalue weighted by Crippen LogP contribution is -2.45. The second-order valence-corrected chi connectivity index (χ2v) is 4.78. The Morgan fingerprint density at radius 3 is 2.94 bits per heavy atom. The summed E-state index contributed by atoms with van der Waals surface area (Å²) in [5.74, 6) is -0.375. The summed E-state index contributed by atoms with van der Waals surface area (Å²) in [6.07, 6.45) is 1.07. The Labute approximate surface area is 101 Å². The molecule has 3 nitrogen and oxygen atoms in total. The molecule has 86 valence electrons. The highest BCUT2D eigenvalue weighted by Gasteiger charge is 2.27. The number of piperidine rings is 1. The Balaban J connectivity index is 2.28. The summed E-state index contributed by atoms with van der Waals surface area (Å²) in [7, 11) is 0. The van der Waals surface area contributed by atoms with Crippen molar-refractivity contribution in [3.63, 3.8) is 0 Å². The van der Waals surface area contributed by atoms with Crippen LogP contribution in [-0.4, -0.2) is 11.9 Å². The van der Waals surface area contributed by atoms with E-state index < -0.39 is 0 Å². The third-order valence-corrected chi connectivity index (χ3v) is 3.40. The lowest BCUT2D eigenvalue weighted by Gasteiger charge is -2.29. The van der Waals surface area contributed by atoms with Gasteiger partial charge in [-0.2, -0.15) is 0 Å². The van der Waals surface area contributed by atoms with Crippen molar-refractivity contribution in [2.75, 3.05) is 0 Å². The topological polar surface area (TPSA) is 55.1 Å². The molecule has 1 aromatic rings. The maximum absolute atomic E-state index is 13.4. The van der Waals surface area contributed by atoms with Crippen molar-refractivity contribution >= 4 is 21.8 Å². The van der Waals surface area contributed by atoms with Crippen LogP contribution < -0.4 is 11.1 Å². The predicted octanol–water partition coefficient (Wildman–Crippen LogP) is 1.87. The van der Waals surface area contributed by atoms with Crippen molar-refractivity contribution in [1.82, 2.24) is 5.32 Å². The largest absolute Gasteiger partial charge is 0.348 e. The third-order valence-electron chi connectivity index (χ3n) is 2.75. The first-order valence-corrected chi connectivity index (χ1v) is 5.87. The van der Waals surface area contributed by atoms with Gasteiger partial charge in [0.1, 0.15) is 5.82 Å². The Morgan fingerprint density at radius 2 is 2.25 bits per heavy atom.